The number of aliphatic hydroxyl groups excluding tert-OH is 1. The molecule has 0 aromatic rings. The first kappa shape index (κ1) is 94.1. The molecule has 0 amide bonds. The van der Waals surface area contributed by atoms with E-state index in [9.17, 15) is 43.2 Å². The van der Waals surface area contributed by atoms with Crippen molar-refractivity contribution in [3.05, 3.63) is 0 Å². The number of esters is 4. The van der Waals surface area contributed by atoms with Gasteiger partial charge in [-0.2, -0.15) is 0 Å². The largest absolute Gasteiger partial charge is 0.472 e. The first-order chi connectivity index (χ1) is 46.3. The second-order valence-corrected chi connectivity index (χ2v) is 31.8. The van der Waals surface area contributed by atoms with Gasteiger partial charge in [0.05, 0.1) is 26.4 Å². The second kappa shape index (κ2) is 67.5. The van der Waals surface area contributed by atoms with Gasteiger partial charge in [0.1, 0.15) is 19.3 Å². The van der Waals surface area contributed by atoms with Gasteiger partial charge >= 0.3 is 39.5 Å². The third-order valence-corrected chi connectivity index (χ3v) is 20.1. The lowest BCUT2D eigenvalue weighted by atomic mass is 9.99. The summed E-state index contributed by atoms with van der Waals surface area (Å²) >= 11 is 0. The van der Waals surface area contributed by atoms with Crippen LogP contribution < -0.4 is 0 Å². The predicted octanol–water partition coefficient (Wildman–Crippen LogP) is 22.6. The molecule has 3 N–H and O–H groups in total. The Kier molecular flexibility index (Phi) is 66.2. The van der Waals surface area contributed by atoms with Crippen LogP contribution in [0, 0.1) is 17.8 Å². The van der Waals surface area contributed by atoms with Crippen LogP contribution in [-0.4, -0.2) is 96.7 Å². The lowest BCUT2D eigenvalue weighted by Crippen LogP contribution is -2.30. The first-order valence-electron chi connectivity index (χ1n) is 39.9. The predicted molar refractivity (Wildman–Crippen MR) is 391 cm³/mol. The van der Waals surface area contributed by atoms with Crippen molar-refractivity contribution in [1.29, 1.82) is 0 Å². The minimum absolute atomic E-state index is 0.104. The third-order valence-electron chi connectivity index (χ3n) is 18.2. The number of phosphoric acid groups is 2. The van der Waals surface area contributed by atoms with Crippen LogP contribution in [0.1, 0.15) is 395 Å². The summed E-state index contributed by atoms with van der Waals surface area (Å²) in [5.41, 5.74) is 0. The molecule has 0 fully saturated rings. The minimum Gasteiger partial charge on any atom is -0.462 e. The SMILES string of the molecule is CCCCCCCCCCCCCCCCCCCCCCCCC(=O)O[C@H](COC(=O)CCCCCCCCCCC(C)CC)COP(=O)(O)OC[C@@H](O)COP(=O)(O)OC[C@@H](COC(=O)CCCCCCCCCCC(C)C)OC(=O)CCCCCCCCCCC(C)C. The Hall–Kier alpha value is -1.94. The standard InChI is InChI=1S/C77H150O17P2/c1-8-10-11-12-13-14-15-16-17-18-19-20-21-22-23-24-25-26-27-39-46-53-60-76(81)93-72(64-88-75(80)59-52-45-38-33-30-36-43-50-57-70(7)9-2)66-91-95(83,84)89-62-71(78)63-90-96(85,86)92-67-73(94-77(82)61-54-47-40-32-29-35-42-49-56-69(5)6)65-87-74(79)58-51-44-37-31-28-34-41-48-55-68(3)4/h68-73,78H,8-67H2,1-7H3,(H,83,84)(H,85,86)/t70?,71-,72-,73-/m1/s1. The van der Waals surface area contributed by atoms with E-state index in [1.165, 1.54) is 205 Å². The molecule has 0 aliphatic carbocycles. The van der Waals surface area contributed by atoms with Gasteiger partial charge in [-0.15, -0.1) is 0 Å². The number of hydrogen-bond acceptors (Lipinski definition) is 15. The quantitative estimate of drug-likeness (QED) is 0.0222. The van der Waals surface area contributed by atoms with E-state index in [0.29, 0.717) is 25.7 Å². The van der Waals surface area contributed by atoms with Crippen molar-refractivity contribution in [2.24, 2.45) is 17.8 Å². The molecule has 0 aromatic carbocycles. The van der Waals surface area contributed by atoms with E-state index in [2.05, 4.69) is 48.5 Å². The van der Waals surface area contributed by atoms with Crippen molar-refractivity contribution in [3.8, 4) is 0 Å². The number of hydrogen-bond donors (Lipinski definition) is 3. The van der Waals surface area contributed by atoms with Gasteiger partial charge in [0, 0.05) is 25.7 Å². The second-order valence-electron chi connectivity index (χ2n) is 28.9. The Morgan fingerprint density at radius 3 is 0.792 bits per heavy atom. The van der Waals surface area contributed by atoms with Gasteiger partial charge in [-0.3, -0.25) is 37.3 Å². The highest BCUT2D eigenvalue weighted by atomic mass is 31.2. The molecule has 0 spiro atoms. The highest BCUT2D eigenvalue weighted by molar-refractivity contribution is 7.47. The molecule has 0 rings (SSSR count). The van der Waals surface area contributed by atoms with Crippen molar-refractivity contribution in [2.75, 3.05) is 39.6 Å². The zero-order valence-electron chi connectivity index (χ0n) is 62.8. The van der Waals surface area contributed by atoms with E-state index in [0.717, 1.165) is 108 Å². The monoisotopic (exact) mass is 1410 g/mol. The summed E-state index contributed by atoms with van der Waals surface area (Å²) in [6, 6.07) is 0. The summed E-state index contributed by atoms with van der Waals surface area (Å²) < 4.78 is 68.5. The van der Waals surface area contributed by atoms with Crippen LogP contribution in [0.5, 0.6) is 0 Å². The van der Waals surface area contributed by atoms with Gasteiger partial charge in [-0.25, -0.2) is 9.13 Å². The molecule has 3 unspecified atom stereocenters. The number of carbonyl (C=O) groups excluding carboxylic acids is 4. The fraction of sp³-hybridized carbons (Fsp3) is 0.948. The molecule has 0 aromatic heterocycles. The lowest BCUT2D eigenvalue weighted by molar-refractivity contribution is -0.161. The van der Waals surface area contributed by atoms with Crippen LogP contribution in [-0.2, 0) is 65.4 Å². The fourth-order valence-electron chi connectivity index (χ4n) is 11.7. The van der Waals surface area contributed by atoms with Gasteiger partial charge < -0.3 is 33.8 Å². The maximum absolute atomic E-state index is 13.1. The number of unbranched alkanes of at least 4 members (excludes halogenated alkanes) is 42. The molecule has 0 bridgehead atoms. The molecule has 570 valence electrons. The molecule has 0 saturated carbocycles. The maximum atomic E-state index is 13.1. The van der Waals surface area contributed by atoms with Crippen molar-refractivity contribution < 1.29 is 80.2 Å². The van der Waals surface area contributed by atoms with Crippen LogP contribution in [0.2, 0.25) is 0 Å². The van der Waals surface area contributed by atoms with Crippen LogP contribution in [0.3, 0.4) is 0 Å². The highest BCUT2D eigenvalue weighted by Gasteiger charge is 2.30. The number of ether oxygens (including phenoxy) is 4. The third kappa shape index (κ3) is 69.2. The van der Waals surface area contributed by atoms with E-state index in [4.69, 9.17) is 37.0 Å². The van der Waals surface area contributed by atoms with Crippen LogP contribution in [0.25, 0.3) is 0 Å². The zero-order valence-corrected chi connectivity index (χ0v) is 64.6. The topological polar surface area (TPSA) is 237 Å². The minimum atomic E-state index is -4.96. The molecule has 6 atom stereocenters. The Morgan fingerprint density at radius 2 is 0.531 bits per heavy atom. The Morgan fingerprint density at radius 1 is 0.302 bits per heavy atom. The molecule has 0 aliphatic heterocycles. The average molecular weight is 1410 g/mol. The van der Waals surface area contributed by atoms with Crippen LogP contribution in [0.4, 0.5) is 0 Å². The van der Waals surface area contributed by atoms with Crippen LogP contribution in [0.15, 0.2) is 0 Å². The molecular formula is C77H150O17P2. The van der Waals surface area contributed by atoms with Gasteiger partial charge in [0.2, 0.25) is 0 Å². The van der Waals surface area contributed by atoms with Gasteiger partial charge in [-0.05, 0) is 43.4 Å². The normalized spacial score (nSPS) is 14.3. The summed E-state index contributed by atoms with van der Waals surface area (Å²) in [5.74, 6) is 0.100. The van der Waals surface area contributed by atoms with E-state index < -0.39 is 97.5 Å². The summed E-state index contributed by atoms with van der Waals surface area (Å²) in [6.45, 7) is 11.8. The Labute approximate surface area is 588 Å². The number of aliphatic hydroxyl groups is 1. The zero-order chi connectivity index (χ0) is 70.9. The van der Waals surface area contributed by atoms with Crippen LogP contribution >= 0.6 is 15.6 Å². The number of rotatable bonds is 75. The first-order valence-corrected chi connectivity index (χ1v) is 42.9. The summed E-state index contributed by atoms with van der Waals surface area (Å²) in [5, 5.41) is 10.6. The molecule has 17 nitrogen and oxygen atoms in total. The lowest BCUT2D eigenvalue weighted by Gasteiger charge is -2.21. The van der Waals surface area contributed by atoms with Crippen molar-refractivity contribution in [1.82, 2.24) is 0 Å². The molecule has 19 heteroatoms. The van der Waals surface area contributed by atoms with Gasteiger partial charge in [0.25, 0.3) is 0 Å². The van der Waals surface area contributed by atoms with Crippen molar-refractivity contribution >= 4 is 39.5 Å². The highest BCUT2D eigenvalue weighted by Crippen LogP contribution is 2.45. The summed E-state index contributed by atoms with van der Waals surface area (Å²) in [4.78, 5) is 72.8. The Bertz CT molecular complexity index is 1870. The van der Waals surface area contributed by atoms with E-state index in [1.54, 1.807) is 0 Å². The number of phosphoric ester groups is 2. The van der Waals surface area contributed by atoms with Gasteiger partial charge in [0.15, 0.2) is 12.2 Å². The van der Waals surface area contributed by atoms with Gasteiger partial charge in [-0.1, -0.05) is 344 Å². The van der Waals surface area contributed by atoms with Crippen molar-refractivity contribution in [2.45, 2.75) is 414 Å². The molecular weight excluding hydrogens is 1260 g/mol. The summed E-state index contributed by atoms with van der Waals surface area (Å²) in [6.07, 6.45) is 54.4. The maximum Gasteiger partial charge on any atom is 0.472 e. The van der Waals surface area contributed by atoms with E-state index in [1.807, 2.05) is 0 Å². The fourth-order valence-corrected chi connectivity index (χ4v) is 13.3. The van der Waals surface area contributed by atoms with E-state index >= 15 is 0 Å². The molecule has 0 saturated heterocycles. The molecule has 0 heterocycles. The molecule has 0 radical (unpaired) electrons. The number of carbonyl (C=O) groups is 4. The molecule has 96 heavy (non-hydrogen) atoms. The molecule has 0 aliphatic rings. The van der Waals surface area contributed by atoms with Crippen molar-refractivity contribution in [3.63, 3.8) is 0 Å². The summed E-state index contributed by atoms with van der Waals surface area (Å²) in [7, 11) is -9.91. The smallest absolute Gasteiger partial charge is 0.462 e. The van der Waals surface area contributed by atoms with E-state index in [-0.39, 0.29) is 25.7 Å². The average Bonchev–Trinajstić information content (AvgIpc) is 1.74. The Balaban J connectivity index is 5.18.